The summed E-state index contributed by atoms with van der Waals surface area (Å²) in [7, 11) is 1.52. The largest absolute Gasteiger partial charge is 0.493 e. The molecule has 0 unspecified atom stereocenters. The Kier molecular flexibility index (Phi) is 6.17. The smallest absolute Gasteiger partial charge is 0.234 e. The van der Waals surface area contributed by atoms with Gasteiger partial charge in [0.15, 0.2) is 23.0 Å². The number of hydrogen-bond acceptors (Lipinski definition) is 6. The highest BCUT2D eigenvalue weighted by atomic mass is 35.5. The van der Waals surface area contributed by atoms with Crippen LogP contribution < -0.4 is 10.1 Å². The lowest BCUT2D eigenvalue weighted by Crippen LogP contribution is -2.35. The number of ketones is 1. The van der Waals surface area contributed by atoms with Gasteiger partial charge in [0.05, 0.1) is 17.2 Å². The van der Waals surface area contributed by atoms with Crippen molar-refractivity contribution in [1.29, 1.82) is 0 Å². The maximum absolute atomic E-state index is 13.3. The summed E-state index contributed by atoms with van der Waals surface area (Å²) in [5, 5.41) is 8.21. The van der Waals surface area contributed by atoms with Gasteiger partial charge in [-0.05, 0) is 30.5 Å². The van der Waals surface area contributed by atoms with E-state index >= 15 is 0 Å². The summed E-state index contributed by atoms with van der Waals surface area (Å²) in [6.45, 7) is 0.412. The first-order chi connectivity index (χ1) is 16.9. The number of amides is 1. The van der Waals surface area contributed by atoms with Crippen molar-refractivity contribution in [1.82, 2.24) is 24.9 Å². The van der Waals surface area contributed by atoms with Gasteiger partial charge in [-0.3, -0.25) is 14.6 Å². The minimum Gasteiger partial charge on any atom is -0.493 e. The molecule has 0 atom stereocenters. The van der Waals surface area contributed by atoms with Crippen molar-refractivity contribution in [2.75, 3.05) is 7.11 Å². The van der Waals surface area contributed by atoms with Gasteiger partial charge in [0, 0.05) is 30.9 Å². The van der Waals surface area contributed by atoms with Crippen LogP contribution in [0.1, 0.15) is 40.3 Å². The second-order valence-electron chi connectivity index (χ2n) is 8.39. The first kappa shape index (κ1) is 23.3. The summed E-state index contributed by atoms with van der Waals surface area (Å²) in [5.41, 5.74) is 1.30. The summed E-state index contributed by atoms with van der Waals surface area (Å²) in [6, 6.07) is 13.0. The Bertz CT molecular complexity index is 1410. The van der Waals surface area contributed by atoms with Crippen LogP contribution in [0.25, 0.3) is 5.65 Å². The number of pyridine rings is 2. The number of halogens is 2. The van der Waals surface area contributed by atoms with Crippen LogP contribution in [0.4, 0.5) is 0 Å². The molecule has 1 aromatic carbocycles. The van der Waals surface area contributed by atoms with Crippen LogP contribution in [0.2, 0.25) is 10.0 Å². The molecule has 3 aromatic heterocycles. The molecule has 1 amide bonds. The molecule has 35 heavy (non-hydrogen) atoms. The topological polar surface area (TPSA) is 98.5 Å². The Morgan fingerprint density at radius 3 is 2.46 bits per heavy atom. The van der Waals surface area contributed by atoms with Gasteiger partial charge in [-0.1, -0.05) is 53.5 Å². The Balaban J connectivity index is 1.46. The maximum atomic E-state index is 13.3. The second kappa shape index (κ2) is 9.28. The zero-order valence-electron chi connectivity index (χ0n) is 18.8. The number of Topliss-reactive ketones (excluding diaryl/α,β-unsaturated/α-hetero) is 1. The molecule has 1 N–H and O–H groups in total. The number of nitrogens with zero attached hydrogens (tertiary/aromatic N) is 4. The van der Waals surface area contributed by atoms with Crippen molar-refractivity contribution in [2.45, 2.75) is 31.2 Å². The average Bonchev–Trinajstić information content (AvgIpc) is 3.56. The highest BCUT2D eigenvalue weighted by Gasteiger charge is 2.54. The first-order valence-electron chi connectivity index (χ1n) is 11.0. The molecule has 0 spiro atoms. The van der Waals surface area contributed by atoms with Crippen molar-refractivity contribution in [3.63, 3.8) is 0 Å². The van der Waals surface area contributed by atoms with Gasteiger partial charge < -0.3 is 10.1 Å². The van der Waals surface area contributed by atoms with Crippen molar-refractivity contribution in [3.8, 4) is 5.75 Å². The predicted octanol–water partition coefficient (Wildman–Crippen LogP) is 4.21. The highest BCUT2D eigenvalue weighted by molar-refractivity contribution is 6.36. The Hall–Kier alpha value is -3.49. The van der Waals surface area contributed by atoms with Crippen LogP contribution in [0.5, 0.6) is 5.75 Å². The van der Waals surface area contributed by atoms with Crippen molar-refractivity contribution in [2.24, 2.45) is 0 Å². The van der Waals surface area contributed by atoms with Gasteiger partial charge >= 0.3 is 0 Å². The number of benzene rings is 1. The van der Waals surface area contributed by atoms with E-state index in [0.717, 1.165) is 5.56 Å². The number of methoxy groups -OCH3 is 1. The van der Waals surface area contributed by atoms with Gasteiger partial charge in [-0.15, -0.1) is 5.10 Å². The summed E-state index contributed by atoms with van der Waals surface area (Å²) in [4.78, 5) is 34.9. The van der Waals surface area contributed by atoms with Crippen LogP contribution in [0.3, 0.4) is 0 Å². The highest BCUT2D eigenvalue weighted by Crippen LogP contribution is 2.47. The molecule has 0 saturated heterocycles. The van der Waals surface area contributed by atoms with Crippen LogP contribution in [0, 0.1) is 0 Å². The Morgan fingerprint density at radius 2 is 1.80 bits per heavy atom. The minimum absolute atomic E-state index is 0.0421. The Morgan fingerprint density at radius 1 is 1.09 bits per heavy atom. The second-order valence-corrected chi connectivity index (χ2v) is 9.20. The van der Waals surface area contributed by atoms with Crippen molar-refractivity contribution in [3.05, 3.63) is 87.5 Å². The van der Waals surface area contributed by atoms with Crippen LogP contribution in [-0.2, 0) is 23.2 Å². The van der Waals surface area contributed by atoms with Gasteiger partial charge in [0.25, 0.3) is 0 Å². The fourth-order valence-electron chi connectivity index (χ4n) is 4.00. The fraction of sp³-hybridized carbons (Fsp3) is 0.240. The summed E-state index contributed by atoms with van der Waals surface area (Å²) < 4.78 is 6.88. The van der Waals surface area contributed by atoms with Gasteiger partial charge in [0.1, 0.15) is 11.1 Å². The third-order valence-electron chi connectivity index (χ3n) is 6.15. The van der Waals surface area contributed by atoms with E-state index < -0.39 is 5.41 Å². The third-order valence-corrected chi connectivity index (χ3v) is 6.80. The molecule has 0 aliphatic heterocycles. The molecule has 4 aromatic rings. The monoisotopic (exact) mass is 509 g/mol. The minimum atomic E-state index is -0.830. The molecular formula is C25H21Cl2N5O3. The average molecular weight is 510 g/mol. The molecule has 8 nitrogen and oxygen atoms in total. The quantitative estimate of drug-likeness (QED) is 0.357. The van der Waals surface area contributed by atoms with Crippen molar-refractivity contribution >= 4 is 40.5 Å². The van der Waals surface area contributed by atoms with Gasteiger partial charge in [0.2, 0.25) is 5.91 Å². The Labute approximate surface area is 211 Å². The lowest BCUT2D eigenvalue weighted by atomic mass is 10.1. The number of fused-ring (bicyclic) bond motifs is 1. The van der Waals surface area contributed by atoms with E-state index in [1.165, 1.54) is 24.0 Å². The number of aromatic nitrogens is 4. The van der Waals surface area contributed by atoms with E-state index in [9.17, 15) is 9.59 Å². The zero-order valence-corrected chi connectivity index (χ0v) is 20.3. The third kappa shape index (κ3) is 4.35. The van der Waals surface area contributed by atoms with Crippen LogP contribution >= 0.6 is 23.2 Å². The molecule has 178 valence electrons. The molecule has 1 saturated carbocycles. The number of carbonyl (C=O) groups is 2. The first-order valence-corrected chi connectivity index (χ1v) is 11.8. The number of carbonyl (C=O) groups excluding carboxylic acids is 2. The molecule has 1 aliphatic carbocycles. The lowest BCUT2D eigenvalue weighted by molar-refractivity contribution is -0.123. The molecule has 5 rings (SSSR count). The van der Waals surface area contributed by atoms with E-state index in [2.05, 4.69) is 20.4 Å². The zero-order chi connectivity index (χ0) is 24.6. The van der Waals surface area contributed by atoms with Crippen molar-refractivity contribution < 1.29 is 14.3 Å². The normalized spacial score (nSPS) is 14.0. The fourth-order valence-corrected chi connectivity index (χ4v) is 4.49. The van der Waals surface area contributed by atoms with Crippen LogP contribution in [-0.4, -0.2) is 38.4 Å². The number of hydrogen-bond donors (Lipinski definition) is 1. The van der Waals surface area contributed by atoms with E-state index in [1.807, 2.05) is 30.3 Å². The summed E-state index contributed by atoms with van der Waals surface area (Å²) in [5.74, 6) is 0.407. The number of rotatable bonds is 8. The molecule has 10 heteroatoms. The summed E-state index contributed by atoms with van der Waals surface area (Å²) in [6.07, 6.45) is 4.09. The van der Waals surface area contributed by atoms with E-state index in [1.54, 1.807) is 12.1 Å². The molecular weight excluding hydrogens is 489 g/mol. The van der Waals surface area contributed by atoms with E-state index in [0.29, 0.717) is 52.2 Å². The standard InChI is InChI=1S/C25H21Cl2N5O3/c1-35-21-8-7-19(20(33)11-16-17(26)13-28-14-18(16)27)32-22(21)30-23(31-32)25(9-10-25)24(34)29-12-15-5-3-2-4-6-15/h2-8,13-14H,9-12H2,1H3,(H,29,34). The lowest BCUT2D eigenvalue weighted by Gasteiger charge is -2.12. The van der Waals surface area contributed by atoms with Crippen LogP contribution in [0.15, 0.2) is 54.9 Å². The SMILES string of the molecule is COc1ccc(C(=O)Cc2c(Cl)cncc2Cl)n2nc(C3(C(=O)NCc4ccccc4)CC3)nc12. The van der Waals surface area contributed by atoms with Gasteiger partial charge in [-0.2, -0.15) is 0 Å². The number of nitrogens with one attached hydrogen (secondary N) is 1. The summed E-state index contributed by atoms with van der Waals surface area (Å²) >= 11 is 12.4. The molecule has 1 aliphatic rings. The number of ether oxygens (including phenoxy) is 1. The maximum Gasteiger partial charge on any atom is 0.234 e. The predicted molar refractivity (Wildman–Crippen MR) is 131 cm³/mol. The van der Waals surface area contributed by atoms with E-state index in [4.69, 9.17) is 27.9 Å². The molecule has 0 radical (unpaired) electrons. The molecule has 0 bridgehead atoms. The molecule has 1 fully saturated rings. The van der Waals surface area contributed by atoms with E-state index in [-0.39, 0.29) is 23.8 Å². The van der Waals surface area contributed by atoms with Gasteiger partial charge in [-0.25, -0.2) is 9.50 Å². The molecule has 3 heterocycles.